The fraction of sp³-hybridized carbons (Fsp3) is 0.478. The SMILES string of the molecule is Cc1nc2ccc(-c3ccn4nc(N)nc(N)c34)nc2n1CCF.F[C@@H]1CCCN(C2COC2)C1. The molecule has 186 valence electrons. The van der Waals surface area contributed by atoms with E-state index in [1.807, 2.05) is 25.1 Å². The van der Waals surface area contributed by atoms with Gasteiger partial charge in [0, 0.05) is 18.3 Å². The van der Waals surface area contributed by atoms with E-state index in [0.717, 1.165) is 49.5 Å². The number of hydrogen-bond donors (Lipinski definition) is 2. The van der Waals surface area contributed by atoms with Crippen LogP contribution in [-0.2, 0) is 11.3 Å². The molecule has 0 aliphatic carbocycles. The second-order valence-electron chi connectivity index (χ2n) is 8.84. The first-order chi connectivity index (χ1) is 16.9. The Bertz CT molecular complexity index is 1330. The van der Waals surface area contributed by atoms with Gasteiger partial charge < -0.3 is 20.8 Å². The fourth-order valence-electron chi connectivity index (χ4n) is 4.61. The van der Waals surface area contributed by atoms with Gasteiger partial charge in [0.1, 0.15) is 29.7 Å². The standard InChI is InChI=1S/C15H15FN8.C8H14FNO/c1-8-19-11-3-2-10(20-14(11)23(8)7-5-16)9-4-6-24-12(9)13(17)21-15(18)22-24;9-7-2-1-3-10(4-7)8-5-11-6-8/h2-4,6H,5,7H2,1H3,(H4,17,18,21,22);7-8H,1-6H2/t;7-/m.1/s1. The molecule has 12 heteroatoms. The van der Waals surface area contributed by atoms with Gasteiger partial charge in [-0.15, -0.1) is 5.10 Å². The van der Waals surface area contributed by atoms with E-state index in [1.165, 1.54) is 0 Å². The van der Waals surface area contributed by atoms with Crippen LogP contribution in [0.1, 0.15) is 18.7 Å². The summed E-state index contributed by atoms with van der Waals surface area (Å²) in [4.78, 5) is 15.3. The lowest BCUT2D eigenvalue weighted by Gasteiger charge is -2.40. The van der Waals surface area contributed by atoms with Crippen LogP contribution in [0.5, 0.6) is 0 Å². The molecule has 2 fully saturated rings. The molecular formula is C23H29F2N9O. The summed E-state index contributed by atoms with van der Waals surface area (Å²) in [6.45, 7) is 4.89. The van der Waals surface area contributed by atoms with Crippen molar-refractivity contribution in [2.45, 2.75) is 38.5 Å². The van der Waals surface area contributed by atoms with Gasteiger partial charge in [0.05, 0.1) is 31.5 Å². The van der Waals surface area contributed by atoms with E-state index in [0.29, 0.717) is 29.4 Å². The van der Waals surface area contributed by atoms with Gasteiger partial charge in [-0.05, 0) is 44.5 Å². The monoisotopic (exact) mass is 485 g/mol. The lowest BCUT2D eigenvalue weighted by molar-refractivity contribution is -0.0780. The second kappa shape index (κ2) is 9.70. The number of aromatic nitrogens is 6. The summed E-state index contributed by atoms with van der Waals surface area (Å²) in [5.41, 5.74) is 15.1. The molecular weight excluding hydrogens is 456 g/mol. The molecule has 0 saturated carbocycles. The maximum absolute atomic E-state index is 12.9. The number of nitrogens with zero attached hydrogens (tertiary/aromatic N) is 7. The number of pyridine rings is 1. The summed E-state index contributed by atoms with van der Waals surface area (Å²) in [5.74, 6) is 1.10. The summed E-state index contributed by atoms with van der Waals surface area (Å²) >= 11 is 0. The van der Waals surface area contributed by atoms with Crippen LogP contribution in [0.25, 0.3) is 27.9 Å². The van der Waals surface area contributed by atoms with Gasteiger partial charge in [-0.25, -0.2) is 23.3 Å². The maximum Gasteiger partial charge on any atom is 0.240 e. The summed E-state index contributed by atoms with van der Waals surface area (Å²) in [7, 11) is 0. The molecule has 2 aliphatic heterocycles. The molecule has 0 radical (unpaired) electrons. The van der Waals surface area contributed by atoms with Gasteiger partial charge in [0.2, 0.25) is 5.95 Å². The number of ether oxygens (including phenoxy) is 1. The number of aryl methyl sites for hydroxylation is 2. The third kappa shape index (κ3) is 4.63. The topological polar surface area (TPSA) is 125 Å². The van der Waals surface area contributed by atoms with Crippen molar-refractivity contribution in [3.63, 3.8) is 0 Å². The number of fused-ring (bicyclic) bond motifs is 2. The van der Waals surface area contributed by atoms with Crippen LogP contribution < -0.4 is 11.5 Å². The molecule has 6 rings (SSSR count). The quantitative estimate of drug-likeness (QED) is 0.451. The van der Waals surface area contributed by atoms with Crippen molar-refractivity contribution in [1.82, 2.24) is 34.0 Å². The normalized spacial score (nSPS) is 19.0. The molecule has 2 saturated heterocycles. The lowest BCUT2D eigenvalue weighted by Crippen LogP contribution is -2.52. The Labute approximate surface area is 200 Å². The largest absolute Gasteiger partial charge is 0.382 e. The number of alkyl halides is 2. The van der Waals surface area contributed by atoms with Crippen molar-refractivity contribution in [1.29, 1.82) is 0 Å². The molecule has 1 atom stereocenters. The summed E-state index contributed by atoms with van der Waals surface area (Å²) in [6, 6.07) is 6.07. The van der Waals surface area contributed by atoms with Gasteiger partial charge in [-0.3, -0.25) is 4.90 Å². The van der Waals surface area contributed by atoms with E-state index < -0.39 is 12.8 Å². The summed E-state index contributed by atoms with van der Waals surface area (Å²) in [5, 5.41) is 4.10. The number of anilines is 2. The van der Waals surface area contributed by atoms with Crippen molar-refractivity contribution in [3.8, 4) is 11.3 Å². The second-order valence-corrected chi connectivity index (χ2v) is 8.84. The molecule has 0 aromatic carbocycles. The Morgan fingerprint density at radius 1 is 1.14 bits per heavy atom. The van der Waals surface area contributed by atoms with Crippen molar-refractivity contribution in [2.24, 2.45) is 0 Å². The number of likely N-dealkylation sites (tertiary alicyclic amines) is 1. The Hall–Kier alpha value is -3.38. The zero-order valence-corrected chi connectivity index (χ0v) is 19.6. The highest BCUT2D eigenvalue weighted by Gasteiger charge is 2.30. The van der Waals surface area contributed by atoms with Crippen molar-refractivity contribution in [2.75, 3.05) is 44.4 Å². The van der Waals surface area contributed by atoms with E-state index in [-0.39, 0.29) is 18.3 Å². The predicted octanol–water partition coefficient (Wildman–Crippen LogP) is 2.40. The molecule has 35 heavy (non-hydrogen) atoms. The molecule has 4 aromatic rings. The van der Waals surface area contributed by atoms with E-state index in [1.54, 1.807) is 15.3 Å². The minimum absolute atomic E-state index is 0.0993. The van der Waals surface area contributed by atoms with E-state index in [4.69, 9.17) is 16.2 Å². The molecule has 4 aromatic heterocycles. The summed E-state index contributed by atoms with van der Waals surface area (Å²) < 4.78 is 34.1. The zero-order valence-electron chi connectivity index (χ0n) is 19.6. The Morgan fingerprint density at radius 2 is 1.97 bits per heavy atom. The molecule has 6 heterocycles. The van der Waals surface area contributed by atoms with Crippen LogP contribution in [-0.4, -0.2) is 79.2 Å². The molecule has 0 spiro atoms. The number of nitrogens with two attached hydrogens (primary N) is 2. The first-order valence-corrected chi connectivity index (χ1v) is 11.7. The number of nitrogen functional groups attached to an aromatic ring is 2. The minimum atomic E-state index is -0.593. The molecule has 2 aliphatic rings. The molecule has 10 nitrogen and oxygen atoms in total. The van der Waals surface area contributed by atoms with Crippen LogP contribution in [0.3, 0.4) is 0 Å². The van der Waals surface area contributed by atoms with Crippen molar-refractivity contribution < 1.29 is 13.5 Å². The third-order valence-electron chi connectivity index (χ3n) is 6.45. The van der Waals surface area contributed by atoms with Gasteiger partial charge in [-0.1, -0.05) is 0 Å². The molecule has 4 N–H and O–H groups in total. The first-order valence-electron chi connectivity index (χ1n) is 11.7. The van der Waals surface area contributed by atoms with Gasteiger partial charge >= 0.3 is 0 Å². The minimum Gasteiger partial charge on any atom is -0.382 e. The Balaban J connectivity index is 0.000000192. The van der Waals surface area contributed by atoms with Crippen LogP contribution in [0.2, 0.25) is 0 Å². The van der Waals surface area contributed by atoms with Crippen LogP contribution in [0.4, 0.5) is 20.5 Å². The number of hydrogen-bond acceptors (Lipinski definition) is 8. The van der Waals surface area contributed by atoms with Crippen LogP contribution in [0.15, 0.2) is 24.4 Å². The molecule has 0 amide bonds. The number of halogens is 2. The average Bonchev–Trinajstić information content (AvgIpc) is 3.34. The van der Waals surface area contributed by atoms with Crippen molar-refractivity contribution >= 4 is 28.4 Å². The maximum atomic E-state index is 12.9. The summed E-state index contributed by atoms with van der Waals surface area (Å²) in [6.07, 6.45) is 2.92. The smallest absolute Gasteiger partial charge is 0.240 e. The highest BCUT2D eigenvalue weighted by atomic mass is 19.1. The van der Waals surface area contributed by atoms with Gasteiger partial charge in [-0.2, -0.15) is 4.98 Å². The zero-order chi connectivity index (χ0) is 24.5. The Morgan fingerprint density at radius 3 is 2.69 bits per heavy atom. The highest BCUT2D eigenvalue weighted by Crippen LogP contribution is 2.29. The number of imidazole rings is 1. The van der Waals surface area contributed by atoms with Gasteiger partial charge in [0.25, 0.3) is 0 Å². The van der Waals surface area contributed by atoms with E-state index >= 15 is 0 Å². The van der Waals surface area contributed by atoms with Crippen LogP contribution >= 0.6 is 0 Å². The fourth-order valence-corrected chi connectivity index (χ4v) is 4.61. The van der Waals surface area contributed by atoms with E-state index in [2.05, 4.69) is 25.0 Å². The first kappa shape index (κ1) is 23.4. The van der Waals surface area contributed by atoms with Crippen LogP contribution in [0, 0.1) is 6.92 Å². The van der Waals surface area contributed by atoms with Gasteiger partial charge in [0.15, 0.2) is 11.5 Å². The highest BCUT2D eigenvalue weighted by molar-refractivity contribution is 5.88. The number of piperidine rings is 1. The average molecular weight is 486 g/mol. The lowest BCUT2D eigenvalue weighted by atomic mass is 10.1. The van der Waals surface area contributed by atoms with Crippen molar-refractivity contribution in [3.05, 3.63) is 30.2 Å². The predicted molar refractivity (Wildman–Crippen MR) is 129 cm³/mol. The molecule has 0 bridgehead atoms. The Kier molecular flexibility index (Phi) is 6.48. The third-order valence-corrected chi connectivity index (χ3v) is 6.45. The van der Waals surface area contributed by atoms with E-state index in [9.17, 15) is 8.78 Å². The molecule has 0 unspecified atom stereocenters. The number of rotatable bonds is 4.